The molecule has 0 aromatic rings. The zero-order valence-corrected chi connectivity index (χ0v) is 13.1. The van der Waals surface area contributed by atoms with Gasteiger partial charge in [0.2, 0.25) is 5.91 Å². The van der Waals surface area contributed by atoms with E-state index in [0.29, 0.717) is 18.9 Å². The quantitative estimate of drug-likeness (QED) is 0.745. The van der Waals surface area contributed by atoms with Gasteiger partial charge >= 0.3 is 0 Å². The van der Waals surface area contributed by atoms with Crippen LogP contribution in [0.5, 0.6) is 0 Å². The highest BCUT2D eigenvalue weighted by Gasteiger charge is 2.33. The zero-order valence-electron chi connectivity index (χ0n) is 12.3. The Morgan fingerprint density at radius 2 is 2.10 bits per heavy atom. The second-order valence-corrected chi connectivity index (χ2v) is 8.46. The van der Waals surface area contributed by atoms with E-state index in [1.807, 2.05) is 0 Å². The number of sulfone groups is 1. The molecule has 7 heteroatoms. The van der Waals surface area contributed by atoms with Crippen LogP contribution in [0.2, 0.25) is 0 Å². The molecule has 2 fully saturated rings. The van der Waals surface area contributed by atoms with Crippen molar-refractivity contribution in [2.24, 2.45) is 11.7 Å². The minimum atomic E-state index is -2.95. The van der Waals surface area contributed by atoms with Gasteiger partial charge in [0.1, 0.15) is 0 Å². The SMILES string of the molecule is CC1CCN(CC(=O)N(C)C2CCS(=O)(=O)C2)CC1N. The number of carbonyl (C=O) groups is 1. The van der Waals surface area contributed by atoms with Crippen molar-refractivity contribution < 1.29 is 13.2 Å². The molecule has 0 bridgehead atoms. The van der Waals surface area contributed by atoms with Crippen molar-refractivity contribution in [3.63, 3.8) is 0 Å². The van der Waals surface area contributed by atoms with E-state index in [1.54, 1.807) is 11.9 Å². The molecule has 0 spiro atoms. The van der Waals surface area contributed by atoms with E-state index in [0.717, 1.165) is 19.5 Å². The molecular weight excluding hydrogens is 278 g/mol. The first kappa shape index (κ1) is 15.7. The van der Waals surface area contributed by atoms with E-state index in [1.165, 1.54) is 0 Å². The lowest BCUT2D eigenvalue weighted by atomic mass is 9.94. The van der Waals surface area contributed by atoms with Crippen molar-refractivity contribution in [2.75, 3.05) is 38.2 Å². The standard InChI is InChI=1S/C13H25N3O3S/c1-10-3-5-16(7-12(10)14)8-13(17)15(2)11-4-6-20(18,19)9-11/h10-12H,3-9,14H2,1-2H3. The Morgan fingerprint density at radius 1 is 1.40 bits per heavy atom. The second-order valence-electron chi connectivity index (χ2n) is 6.23. The number of hydrogen-bond donors (Lipinski definition) is 1. The van der Waals surface area contributed by atoms with Gasteiger partial charge in [0.15, 0.2) is 9.84 Å². The molecule has 0 saturated carbocycles. The van der Waals surface area contributed by atoms with Crippen LogP contribution in [-0.2, 0) is 14.6 Å². The highest BCUT2D eigenvalue weighted by atomic mass is 32.2. The summed E-state index contributed by atoms with van der Waals surface area (Å²) in [6, 6.07) is -0.0430. The van der Waals surface area contributed by atoms with Crippen LogP contribution in [0.3, 0.4) is 0 Å². The topological polar surface area (TPSA) is 83.7 Å². The average Bonchev–Trinajstić information content (AvgIpc) is 2.73. The first-order valence-electron chi connectivity index (χ1n) is 7.22. The van der Waals surface area contributed by atoms with Gasteiger partial charge in [-0.15, -0.1) is 0 Å². The summed E-state index contributed by atoms with van der Waals surface area (Å²) >= 11 is 0. The molecule has 116 valence electrons. The summed E-state index contributed by atoms with van der Waals surface area (Å²) in [5, 5.41) is 0. The van der Waals surface area contributed by atoms with Gasteiger partial charge in [-0.2, -0.15) is 0 Å². The minimum Gasteiger partial charge on any atom is -0.341 e. The van der Waals surface area contributed by atoms with Crippen molar-refractivity contribution in [3.8, 4) is 0 Å². The van der Waals surface area contributed by atoms with Crippen molar-refractivity contribution in [1.82, 2.24) is 9.80 Å². The Labute approximate surface area is 121 Å². The fraction of sp³-hybridized carbons (Fsp3) is 0.923. The molecule has 6 nitrogen and oxygen atoms in total. The lowest BCUT2D eigenvalue weighted by Crippen LogP contribution is -2.51. The van der Waals surface area contributed by atoms with Crippen LogP contribution in [-0.4, -0.2) is 74.4 Å². The number of likely N-dealkylation sites (tertiary alicyclic amines) is 1. The minimum absolute atomic E-state index is 0.00569. The summed E-state index contributed by atoms with van der Waals surface area (Å²) < 4.78 is 22.9. The molecule has 2 N–H and O–H groups in total. The highest BCUT2D eigenvalue weighted by Crippen LogP contribution is 2.18. The molecule has 2 rings (SSSR count). The lowest BCUT2D eigenvalue weighted by molar-refractivity contribution is -0.133. The van der Waals surface area contributed by atoms with Crippen LogP contribution in [0.25, 0.3) is 0 Å². The average molecular weight is 303 g/mol. The molecule has 20 heavy (non-hydrogen) atoms. The monoisotopic (exact) mass is 303 g/mol. The Hall–Kier alpha value is -0.660. The molecule has 0 radical (unpaired) electrons. The summed E-state index contributed by atoms with van der Waals surface area (Å²) in [5.41, 5.74) is 6.03. The Bertz CT molecular complexity index is 465. The summed E-state index contributed by atoms with van der Waals surface area (Å²) in [4.78, 5) is 15.9. The molecular formula is C13H25N3O3S. The number of hydrogen-bond acceptors (Lipinski definition) is 5. The number of rotatable bonds is 3. The van der Waals surface area contributed by atoms with Crippen molar-refractivity contribution >= 4 is 15.7 Å². The maximum absolute atomic E-state index is 12.2. The van der Waals surface area contributed by atoms with E-state index in [2.05, 4.69) is 11.8 Å². The van der Waals surface area contributed by atoms with Crippen molar-refractivity contribution in [3.05, 3.63) is 0 Å². The molecule has 0 aliphatic carbocycles. The molecule has 0 aromatic carbocycles. The van der Waals surface area contributed by atoms with E-state index in [4.69, 9.17) is 5.73 Å². The molecule has 3 atom stereocenters. The predicted molar refractivity (Wildman–Crippen MR) is 78.0 cm³/mol. The normalized spacial score (nSPS) is 34.0. The van der Waals surface area contributed by atoms with Gasteiger partial charge in [0, 0.05) is 25.7 Å². The van der Waals surface area contributed by atoms with Crippen LogP contribution in [0, 0.1) is 5.92 Å². The Kier molecular flexibility index (Phi) is 4.71. The van der Waals surface area contributed by atoms with E-state index < -0.39 is 9.84 Å². The fourth-order valence-corrected chi connectivity index (χ4v) is 4.67. The summed E-state index contributed by atoms with van der Waals surface area (Å²) in [6.45, 7) is 4.11. The lowest BCUT2D eigenvalue weighted by Gasteiger charge is -2.36. The third-order valence-electron chi connectivity index (χ3n) is 4.61. The van der Waals surface area contributed by atoms with Gasteiger partial charge in [-0.3, -0.25) is 9.69 Å². The summed E-state index contributed by atoms with van der Waals surface area (Å²) in [7, 11) is -1.24. The molecule has 1 amide bonds. The van der Waals surface area contributed by atoms with Crippen LogP contribution in [0.1, 0.15) is 19.8 Å². The Morgan fingerprint density at radius 3 is 2.65 bits per heavy atom. The van der Waals surface area contributed by atoms with Crippen molar-refractivity contribution in [1.29, 1.82) is 0 Å². The second kappa shape index (κ2) is 5.99. The Balaban J connectivity index is 1.86. The van der Waals surface area contributed by atoms with Gasteiger partial charge < -0.3 is 10.6 Å². The van der Waals surface area contributed by atoms with Gasteiger partial charge in [-0.1, -0.05) is 6.92 Å². The number of piperidine rings is 1. The number of nitrogens with two attached hydrogens (primary N) is 1. The number of amides is 1. The molecule has 2 aliphatic heterocycles. The van der Waals surface area contributed by atoms with Gasteiger partial charge in [0.05, 0.1) is 18.1 Å². The van der Waals surface area contributed by atoms with E-state index >= 15 is 0 Å². The maximum Gasteiger partial charge on any atom is 0.236 e. The smallest absolute Gasteiger partial charge is 0.236 e. The summed E-state index contributed by atoms with van der Waals surface area (Å²) in [6.07, 6.45) is 1.57. The first-order valence-corrected chi connectivity index (χ1v) is 9.04. The third-order valence-corrected chi connectivity index (χ3v) is 6.36. The van der Waals surface area contributed by atoms with E-state index in [-0.39, 0.29) is 29.5 Å². The zero-order chi connectivity index (χ0) is 14.9. The van der Waals surface area contributed by atoms with Crippen LogP contribution < -0.4 is 5.73 Å². The van der Waals surface area contributed by atoms with Crippen molar-refractivity contribution in [2.45, 2.75) is 31.8 Å². The summed E-state index contributed by atoms with van der Waals surface area (Å²) in [5.74, 6) is 0.792. The van der Waals surface area contributed by atoms with Crippen LogP contribution in [0.15, 0.2) is 0 Å². The largest absolute Gasteiger partial charge is 0.341 e. The maximum atomic E-state index is 12.2. The number of likely N-dealkylation sites (N-methyl/N-ethyl adjacent to an activating group) is 1. The first-order chi connectivity index (χ1) is 9.28. The number of carbonyl (C=O) groups excluding carboxylic acids is 1. The number of nitrogens with zero attached hydrogens (tertiary/aromatic N) is 2. The van der Waals surface area contributed by atoms with Crippen LogP contribution in [0.4, 0.5) is 0 Å². The van der Waals surface area contributed by atoms with Gasteiger partial charge in [-0.25, -0.2) is 8.42 Å². The fourth-order valence-electron chi connectivity index (χ4n) is 2.90. The van der Waals surface area contributed by atoms with E-state index in [9.17, 15) is 13.2 Å². The molecule has 2 aliphatic rings. The van der Waals surface area contributed by atoms with Crippen LogP contribution >= 0.6 is 0 Å². The molecule has 2 saturated heterocycles. The molecule has 2 heterocycles. The highest BCUT2D eigenvalue weighted by molar-refractivity contribution is 7.91. The predicted octanol–water partition coefficient (Wildman–Crippen LogP) is -0.699. The molecule has 0 aromatic heterocycles. The van der Waals surface area contributed by atoms with Gasteiger partial charge in [-0.05, 0) is 25.3 Å². The molecule has 3 unspecified atom stereocenters. The third kappa shape index (κ3) is 3.71. The van der Waals surface area contributed by atoms with Gasteiger partial charge in [0.25, 0.3) is 0 Å².